The first-order valence-corrected chi connectivity index (χ1v) is 8.37. The zero-order chi connectivity index (χ0) is 19.2. The molecule has 5 nitrogen and oxygen atoms in total. The third kappa shape index (κ3) is 3.34. The Morgan fingerprint density at radius 3 is 2.81 bits per heavy atom. The van der Waals surface area contributed by atoms with E-state index in [0.717, 1.165) is 18.5 Å². The molecule has 1 aliphatic rings. The van der Waals surface area contributed by atoms with Gasteiger partial charge in [0.05, 0.1) is 29.8 Å². The number of fused-ring (bicyclic) bond motifs is 1. The van der Waals surface area contributed by atoms with Crippen molar-refractivity contribution >= 4 is 22.6 Å². The van der Waals surface area contributed by atoms with Gasteiger partial charge < -0.3 is 14.6 Å². The first kappa shape index (κ1) is 17.4. The number of aromatic nitrogens is 2. The molecule has 1 amide bonds. The van der Waals surface area contributed by atoms with Gasteiger partial charge in [-0.2, -0.15) is 0 Å². The molecule has 1 atom stereocenters. The zero-order valence-electron chi connectivity index (χ0n) is 14.4. The van der Waals surface area contributed by atoms with Gasteiger partial charge in [0.1, 0.15) is 11.6 Å². The highest BCUT2D eigenvalue weighted by molar-refractivity contribution is 6.02. The summed E-state index contributed by atoms with van der Waals surface area (Å²) in [6.07, 6.45) is 1.73. The number of ether oxygens (including phenoxy) is 1. The molecule has 0 unspecified atom stereocenters. The fourth-order valence-electron chi connectivity index (χ4n) is 3.14. The summed E-state index contributed by atoms with van der Waals surface area (Å²) in [6, 6.07) is 8.84. The van der Waals surface area contributed by atoms with Gasteiger partial charge in [0.15, 0.2) is 6.61 Å². The lowest BCUT2D eigenvalue weighted by Gasteiger charge is -2.40. The maximum Gasteiger partial charge on any atom is 0.278 e. The Morgan fingerprint density at radius 2 is 2.11 bits per heavy atom. The van der Waals surface area contributed by atoms with Crippen molar-refractivity contribution in [3.63, 3.8) is 0 Å². The summed E-state index contributed by atoms with van der Waals surface area (Å²) in [6.45, 7) is -0.102. The fraction of sp³-hybridized carbons (Fsp3) is 0.263. The second-order valence-corrected chi connectivity index (χ2v) is 6.63. The van der Waals surface area contributed by atoms with Gasteiger partial charge >= 0.3 is 0 Å². The normalized spacial score (nSPS) is 17.3. The van der Waals surface area contributed by atoms with E-state index in [-0.39, 0.29) is 18.1 Å². The Kier molecular flexibility index (Phi) is 4.05. The van der Waals surface area contributed by atoms with E-state index in [1.807, 2.05) is 0 Å². The highest BCUT2D eigenvalue weighted by Crippen LogP contribution is 2.41. The Hall–Kier alpha value is -3.03. The van der Waals surface area contributed by atoms with E-state index >= 15 is 0 Å². The van der Waals surface area contributed by atoms with Crippen LogP contribution >= 0.6 is 0 Å². The SMILES string of the molecule is CC(F)(F)COc1ccc([C@H]2CC(=O)N2c2ccc3[nH]cnc3c2)c(F)c1. The van der Waals surface area contributed by atoms with E-state index in [9.17, 15) is 18.0 Å². The summed E-state index contributed by atoms with van der Waals surface area (Å²) in [7, 11) is 0. The Labute approximate surface area is 152 Å². The molecule has 2 heterocycles. The lowest BCUT2D eigenvalue weighted by molar-refractivity contribution is -0.124. The topological polar surface area (TPSA) is 58.2 Å². The molecule has 1 saturated heterocycles. The summed E-state index contributed by atoms with van der Waals surface area (Å²) < 4.78 is 45.2. The quantitative estimate of drug-likeness (QED) is 0.680. The van der Waals surface area contributed by atoms with Crippen molar-refractivity contribution in [3.05, 3.63) is 54.1 Å². The number of alkyl halides is 2. The summed E-state index contributed by atoms with van der Waals surface area (Å²) >= 11 is 0. The maximum atomic E-state index is 14.5. The lowest BCUT2D eigenvalue weighted by Crippen LogP contribution is -2.47. The number of nitrogens with one attached hydrogen (secondary N) is 1. The monoisotopic (exact) mass is 375 g/mol. The van der Waals surface area contributed by atoms with Crippen molar-refractivity contribution in [1.82, 2.24) is 9.97 Å². The van der Waals surface area contributed by atoms with Crippen molar-refractivity contribution in [2.45, 2.75) is 25.3 Å². The lowest BCUT2D eigenvalue weighted by atomic mass is 9.92. The van der Waals surface area contributed by atoms with E-state index in [4.69, 9.17) is 4.74 Å². The van der Waals surface area contributed by atoms with Crippen LogP contribution in [0.25, 0.3) is 11.0 Å². The minimum Gasteiger partial charge on any atom is -0.487 e. The predicted molar refractivity (Wildman–Crippen MR) is 93.5 cm³/mol. The third-order valence-corrected chi connectivity index (χ3v) is 4.45. The number of carbonyl (C=O) groups excluding carboxylic acids is 1. The largest absolute Gasteiger partial charge is 0.487 e. The number of aromatic amines is 1. The molecule has 1 N–H and O–H groups in total. The van der Waals surface area contributed by atoms with Gasteiger partial charge in [-0.15, -0.1) is 0 Å². The van der Waals surface area contributed by atoms with Crippen molar-refractivity contribution in [3.8, 4) is 5.75 Å². The molecular weight excluding hydrogens is 359 g/mol. The van der Waals surface area contributed by atoms with Crippen LogP contribution in [0.2, 0.25) is 0 Å². The van der Waals surface area contributed by atoms with Crippen LogP contribution in [0.3, 0.4) is 0 Å². The van der Waals surface area contributed by atoms with Gasteiger partial charge in [-0.1, -0.05) is 6.07 Å². The second-order valence-electron chi connectivity index (χ2n) is 6.63. The molecule has 4 rings (SSSR count). The molecule has 1 aliphatic heterocycles. The minimum atomic E-state index is -3.00. The molecule has 0 saturated carbocycles. The fourth-order valence-corrected chi connectivity index (χ4v) is 3.14. The van der Waals surface area contributed by atoms with Crippen LogP contribution in [0.1, 0.15) is 24.9 Å². The number of anilines is 1. The van der Waals surface area contributed by atoms with Crippen LogP contribution in [0.5, 0.6) is 5.75 Å². The van der Waals surface area contributed by atoms with Crippen LogP contribution in [-0.2, 0) is 4.79 Å². The zero-order valence-corrected chi connectivity index (χ0v) is 14.4. The summed E-state index contributed by atoms with van der Waals surface area (Å²) in [5.41, 5.74) is 2.48. The average Bonchev–Trinajstić information content (AvgIpc) is 3.05. The number of imidazole rings is 1. The van der Waals surface area contributed by atoms with Crippen molar-refractivity contribution in [2.24, 2.45) is 0 Å². The molecule has 1 aromatic heterocycles. The van der Waals surface area contributed by atoms with E-state index in [1.165, 1.54) is 17.0 Å². The standard InChI is InChI=1S/C19H16F3N3O2/c1-19(21,22)9-27-12-3-4-13(14(20)7-12)17-8-18(26)25(17)11-2-5-15-16(6-11)24-10-23-15/h2-7,10,17H,8-9H2,1H3,(H,23,24)/t17-/m1/s1. The van der Waals surface area contributed by atoms with Crippen LogP contribution < -0.4 is 9.64 Å². The maximum absolute atomic E-state index is 14.5. The molecule has 0 spiro atoms. The van der Waals surface area contributed by atoms with Gasteiger partial charge in [0.25, 0.3) is 5.92 Å². The van der Waals surface area contributed by atoms with E-state index in [0.29, 0.717) is 16.8 Å². The summed E-state index contributed by atoms with van der Waals surface area (Å²) in [4.78, 5) is 20.8. The molecule has 3 aromatic rings. The van der Waals surface area contributed by atoms with E-state index < -0.39 is 24.4 Å². The Bertz CT molecular complexity index is 1010. The van der Waals surface area contributed by atoms with Gasteiger partial charge in [-0.25, -0.2) is 18.2 Å². The molecular formula is C19H16F3N3O2. The molecule has 1 fully saturated rings. The van der Waals surface area contributed by atoms with Crippen LogP contribution in [0, 0.1) is 5.82 Å². The number of hydrogen-bond acceptors (Lipinski definition) is 3. The summed E-state index contributed by atoms with van der Waals surface area (Å²) in [5, 5.41) is 0. The highest BCUT2D eigenvalue weighted by atomic mass is 19.3. The van der Waals surface area contributed by atoms with Crippen LogP contribution in [0.4, 0.5) is 18.9 Å². The number of H-pyrrole nitrogens is 1. The molecule has 0 bridgehead atoms. The Morgan fingerprint density at radius 1 is 1.30 bits per heavy atom. The van der Waals surface area contributed by atoms with Gasteiger partial charge in [0.2, 0.25) is 5.91 Å². The molecule has 140 valence electrons. The molecule has 0 aliphatic carbocycles. The van der Waals surface area contributed by atoms with Crippen molar-refractivity contribution < 1.29 is 22.7 Å². The number of halogens is 3. The number of hydrogen-bond donors (Lipinski definition) is 1. The van der Waals surface area contributed by atoms with E-state index in [1.54, 1.807) is 24.5 Å². The first-order chi connectivity index (χ1) is 12.8. The van der Waals surface area contributed by atoms with Crippen molar-refractivity contribution in [2.75, 3.05) is 11.5 Å². The van der Waals surface area contributed by atoms with Gasteiger partial charge in [-0.3, -0.25) is 4.79 Å². The third-order valence-electron chi connectivity index (χ3n) is 4.45. The van der Waals surface area contributed by atoms with Crippen LogP contribution in [-0.4, -0.2) is 28.4 Å². The van der Waals surface area contributed by atoms with E-state index in [2.05, 4.69) is 9.97 Å². The first-order valence-electron chi connectivity index (χ1n) is 8.37. The molecule has 8 heteroatoms. The van der Waals surface area contributed by atoms with Crippen molar-refractivity contribution in [1.29, 1.82) is 0 Å². The number of benzene rings is 2. The highest BCUT2D eigenvalue weighted by Gasteiger charge is 2.40. The Balaban J connectivity index is 1.58. The number of rotatable bonds is 5. The smallest absolute Gasteiger partial charge is 0.278 e. The number of β-lactam (4-membered cyclic amide) rings is 1. The van der Waals surface area contributed by atoms with Gasteiger partial charge in [0, 0.05) is 24.2 Å². The summed E-state index contributed by atoms with van der Waals surface area (Å²) in [5.74, 6) is -3.71. The number of nitrogens with zero attached hydrogens (tertiary/aromatic N) is 2. The minimum absolute atomic E-state index is 0.0212. The molecule has 27 heavy (non-hydrogen) atoms. The van der Waals surface area contributed by atoms with Gasteiger partial charge in [-0.05, 0) is 24.3 Å². The number of carbonyl (C=O) groups is 1. The predicted octanol–water partition coefficient (Wildman–Crippen LogP) is 4.21. The second kappa shape index (κ2) is 6.29. The molecule has 0 radical (unpaired) electrons. The molecule has 2 aromatic carbocycles. The van der Waals surface area contributed by atoms with Crippen LogP contribution in [0.15, 0.2) is 42.7 Å². The number of amides is 1. The average molecular weight is 375 g/mol.